The molecule has 2 N–H and O–H groups in total. The van der Waals surface area contributed by atoms with Gasteiger partial charge in [0, 0.05) is 29.3 Å². The fourth-order valence-corrected chi connectivity index (χ4v) is 5.33. The van der Waals surface area contributed by atoms with Crippen LogP contribution in [0.15, 0.2) is 88.6 Å². The minimum absolute atomic E-state index is 0.154. The first-order chi connectivity index (χ1) is 16.7. The Hall–Kier alpha value is -3.26. The second-order valence-electron chi connectivity index (χ2n) is 8.49. The average Bonchev–Trinajstić information content (AvgIpc) is 2.83. The Labute approximate surface area is 209 Å². The number of halogens is 1. The molecule has 35 heavy (non-hydrogen) atoms. The van der Waals surface area contributed by atoms with Crippen LogP contribution in [0.5, 0.6) is 0 Å². The molecule has 4 rings (SSSR count). The van der Waals surface area contributed by atoms with Gasteiger partial charge in [-0.25, -0.2) is 13.1 Å². The summed E-state index contributed by atoms with van der Waals surface area (Å²) in [4.78, 5) is 13.9. The molecular weight excluding hydrogens is 482 g/mol. The van der Waals surface area contributed by atoms with E-state index in [0.29, 0.717) is 33.0 Å². The molecule has 0 saturated heterocycles. The summed E-state index contributed by atoms with van der Waals surface area (Å²) >= 11 is 6.48. The van der Waals surface area contributed by atoms with Crippen molar-refractivity contribution in [1.29, 1.82) is 0 Å². The van der Waals surface area contributed by atoms with Gasteiger partial charge in [-0.3, -0.25) is 4.79 Å². The molecule has 0 fully saturated rings. The van der Waals surface area contributed by atoms with Crippen molar-refractivity contribution in [3.8, 4) is 11.1 Å². The molecule has 0 bridgehead atoms. The highest BCUT2D eigenvalue weighted by Gasteiger charge is 2.21. The number of aromatic nitrogens is 2. The van der Waals surface area contributed by atoms with Crippen LogP contribution in [0, 0.1) is 6.92 Å². The number of nitrogens with zero attached hydrogens (tertiary/aromatic N) is 2. The van der Waals surface area contributed by atoms with Gasteiger partial charge in [-0.1, -0.05) is 78.3 Å². The molecule has 0 spiro atoms. The lowest BCUT2D eigenvalue weighted by Gasteiger charge is -2.19. The summed E-state index contributed by atoms with van der Waals surface area (Å²) in [5.41, 5.74) is 9.87. The molecule has 0 amide bonds. The third-order valence-corrected chi connectivity index (χ3v) is 7.49. The molecule has 1 aromatic heterocycles. The van der Waals surface area contributed by atoms with Crippen molar-refractivity contribution in [2.75, 3.05) is 6.26 Å². The summed E-state index contributed by atoms with van der Waals surface area (Å²) < 4.78 is 26.1. The van der Waals surface area contributed by atoms with Gasteiger partial charge in [0.15, 0.2) is 9.84 Å². The van der Waals surface area contributed by atoms with E-state index in [1.165, 1.54) is 10.9 Å². The Bertz CT molecular complexity index is 1530. The third kappa shape index (κ3) is 5.37. The van der Waals surface area contributed by atoms with Crippen molar-refractivity contribution in [3.63, 3.8) is 0 Å². The molecular formula is C27H26ClN3O3S. The van der Waals surface area contributed by atoms with E-state index in [-0.39, 0.29) is 23.4 Å². The highest BCUT2D eigenvalue weighted by Crippen LogP contribution is 2.30. The molecule has 0 radical (unpaired) electrons. The summed E-state index contributed by atoms with van der Waals surface area (Å²) in [5.74, 6) is 0. The summed E-state index contributed by atoms with van der Waals surface area (Å²) in [6, 6.07) is 23.0. The van der Waals surface area contributed by atoms with E-state index in [4.69, 9.17) is 17.3 Å². The lowest BCUT2D eigenvalue weighted by Crippen LogP contribution is -2.32. The van der Waals surface area contributed by atoms with Crippen LogP contribution in [0.4, 0.5) is 0 Å². The van der Waals surface area contributed by atoms with Gasteiger partial charge in [0.1, 0.15) is 0 Å². The fourth-order valence-electron chi connectivity index (χ4n) is 4.16. The quantitative estimate of drug-likeness (QED) is 0.395. The predicted octanol–water partition coefficient (Wildman–Crippen LogP) is 4.57. The molecule has 3 aromatic carbocycles. The second kappa shape index (κ2) is 10.2. The molecule has 4 aromatic rings. The van der Waals surface area contributed by atoms with Crippen LogP contribution >= 0.6 is 11.6 Å². The average molecular weight is 508 g/mol. The lowest BCUT2D eigenvalue weighted by molar-refractivity contribution is 0.497. The lowest BCUT2D eigenvalue weighted by atomic mass is 9.98. The monoisotopic (exact) mass is 507 g/mol. The molecule has 1 unspecified atom stereocenters. The largest absolute Gasteiger partial charge is 0.322 e. The minimum atomic E-state index is -3.45. The molecule has 0 aliphatic carbocycles. The van der Waals surface area contributed by atoms with Crippen LogP contribution in [0.3, 0.4) is 0 Å². The van der Waals surface area contributed by atoms with Crippen LogP contribution in [0.2, 0.25) is 5.02 Å². The standard InChI is InChI=1S/C27H26ClN3O3S/c1-18-24(16-20-12-6-9-15-25(20)35(2,33)34)30-31(17-23(29)19-10-4-3-5-11-19)27(32)26(18)21-13-7-8-14-22(21)28/h3-15,23H,16-17,29H2,1-2H3. The van der Waals surface area contributed by atoms with Gasteiger partial charge in [0.25, 0.3) is 5.56 Å². The number of benzene rings is 3. The summed E-state index contributed by atoms with van der Waals surface area (Å²) in [6.07, 6.45) is 1.41. The van der Waals surface area contributed by atoms with E-state index in [1.807, 2.05) is 43.3 Å². The normalized spacial score (nSPS) is 12.5. The Kier molecular flexibility index (Phi) is 7.21. The van der Waals surface area contributed by atoms with Crippen LogP contribution in [-0.4, -0.2) is 24.5 Å². The Morgan fingerprint density at radius 3 is 2.29 bits per heavy atom. The zero-order chi connectivity index (χ0) is 25.2. The summed E-state index contributed by atoms with van der Waals surface area (Å²) in [5, 5.41) is 5.10. The number of sulfone groups is 1. The Morgan fingerprint density at radius 2 is 1.60 bits per heavy atom. The van der Waals surface area contributed by atoms with Crippen molar-refractivity contribution in [1.82, 2.24) is 9.78 Å². The van der Waals surface area contributed by atoms with Gasteiger partial charge >= 0.3 is 0 Å². The van der Waals surface area contributed by atoms with E-state index in [1.54, 1.807) is 42.5 Å². The summed E-state index contributed by atoms with van der Waals surface area (Å²) in [6.45, 7) is 1.97. The highest BCUT2D eigenvalue weighted by molar-refractivity contribution is 7.90. The number of hydrogen-bond acceptors (Lipinski definition) is 5. The molecule has 1 heterocycles. The maximum Gasteiger partial charge on any atom is 0.275 e. The smallest absolute Gasteiger partial charge is 0.275 e. The van der Waals surface area contributed by atoms with Gasteiger partial charge in [-0.05, 0) is 35.7 Å². The van der Waals surface area contributed by atoms with Crippen LogP contribution < -0.4 is 11.3 Å². The van der Waals surface area contributed by atoms with Gasteiger partial charge < -0.3 is 5.73 Å². The van der Waals surface area contributed by atoms with Gasteiger partial charge in [-0.2, -0.15) is 5.10 Å². The first-order valence-corrected chi connectivity index (χ1v) is 13.4. The minimum Gasteiger partial charge on any atom is -0.322 e. The molecule has 6 nitrogen and oxygen atoms in total. The molecule has 0 aliphatic heterocycles. The highest BCUT2D eigenvalue weighted by atomic mass is 35.5. The van der Waals surface area contributed by atoms with Gasteiger partial charge in [0.05, 0.1) is 22.7 Å². The van der Waals surface area contributed by atoms with Crippen molar-refractivity contribution < 1.29 is 8.42 Å². The SMILES string of the molecule is Cc1c(Cc2ccccc2S(C)(=O)=O)nn(CC(N)c2ccccc2)c(=O)c1-c1ccccc1Cl. The second-order valence-corrected chi connectivity index (χ2v) is 10.9. The van der Waals surface area contributed by atoms with E-state index in [9.17, 15) is 13.2 Å². The molecule has 0 saturated carbocycles. The maximum absolute atomic E-state index is 13.6. The zero-order valence-corrected chi connectivity index (χ0v) is 21.1. The zero-order valence-electron chi connectivity index (χ0n) is 19.5. The molecule has 180 valence electrons. The van der Waals surface area contributed by atoms with Crippen molar-refractivity contribution in [3.05, 3.63) is 117 Å². The third-order valence-electron chi connectivity index (χ3n) is 5.97. The first kappa shape index (κ1) is 24.9. The van der Waals surface area contributed by atoms with E-state index in [0.717, 1.165) is 5.56 Å². The van der Waals surface area contributed by atoms with Crippen molar-refractivity contribution in [2.24, 2.45) is 5.73 Å². The number of hydrogen-bond donors (Lipinski definition) is 1. The molecule has 1 atom stereocenters. The van der Waals surface area contributed by atoms with Crippen molar-refractivity contribution >= 4 is 21.4 Å². The van der Waals surface area contributed by atoms with Crippen LogP contribution in [0.25, 0.3) is 11.1 Å². The topological polar surface area (TPSA) is 95.1 Å². The van der Waals surface area contributed by atoms with Gasteiger partial charge in [0.2, 0.25) is 0 Å². The van der Waals surface area contributed by atoms with Crippen LogP contribution in [0.1, 0.15) is 28.4 Å². The molecule has 0 aliphatic rings. The predicted molar refractivity (Wildman–Crippen MR) is 139 cm³/mol. The maximum atomic E-state index is 13.6. The van der Waals surface area contributed by atoms with E-state index >= 15 is 0 Å². The molecule has 8 heteroatoms. The van der Waals surface area contributed by atoms with Crippen molar-refractivity contribution in [2.45, 2.75) is 30.8 Å². The first-order valence-electron chi connectivity index (χ1n) is 11.1. The van der Waals surface area contributed by atoms with Crippen LogP contribution in [-0.2, 0) is 22.8 Å². The number of nitrogens with two attached hydrogens (primary N) is 1. The Balaban J connectivity index is 1.89. The van der Waals surface area contributed by atoms with Gasteiger partial charge in [-0.15, -0.1) is 0 Å². The number of rotatable bonds is 7. The fraction of sp³-hybridized carbons (Fsp3) is 0.185. The van der Waals surface area contributed by atoms with E-state index < -0.39 is 15.9 Å². The summed E-state index contributed by atoms with van der Waals surface area (Å²) in [7, 11) is -3.45. The Morgan fingerprint density at radius 1 is 0.971 bits per heavy atom. The van der Waals surface area contributed by atoms with E-state index in [2.05, 4.69) is 5.10 Å².